The van der Waals surface area contributed by atoms with Gasteiger partial charge in [0.15, 0.2) is 0 Å². The molecular formula is C12H15NO3. The summed E-state index contributed by atoms with van der Waals surface area (Å²) in [6.07, 6.45) is 0.0160. The van der Waals surface area contributed by atoms with Crippen LogP contribution in [0.15, 0.2) is 30.3 Å². The highest BCUT2D eigenvalue weighted by molar-refractivity contribution is 5.84. The number of carboxylic acids is 1. The van der Waals surface area contributed by atoms with Crippen molar-refractivity contribution in [3.05, 3.63) is 35.9 Å². The Bertz CT molecular complexity index is 362. The lowest BCUT2D eigenvalue weighted by Gasteiger charge is -2.12. The summed E-state index contributed by atoms with van der Waals surface area (Å²) >= 11 is 0. The molecule has 0 amide bonds. The zero-order valence-electron chi connectivity index (χ0n) is 9.14. The van der Waals surface area contributed by atoms with E-state index < -0.39 is 12.0 Å². The van der Waals surface area contributed by atoms with E-state index in [2.05, 4.69) is 5.32 Å². The van der Waals surface area contributed by atoms with Crippen molar-refractivity contribution in [2.24, 2.45) is 0 Å². The van der Waals surface area contributed by atoms with Crippen LogP contribution in [0, 0.1) is 0 Å². The van der Waals surface area contributed by atoms with E-state index >= 15 is 0 Å². The lowest BCUT2D eigenvalue weighted by molar-refractivity contribution is -0.141. The first-order chi connectivity index (χ1) is 7.59. The molecule has 0 aliphatic rings. The molecule has 1 aromatic rings. The van der Waals surface area contributed by atoms with Gasteiger partial charge in [0.1, 0.15) is 11.8 Å². The van der Waals surface area contributed by atoms with E-state index in [1.807, 2.05) is 30.3 Å². The molecule has 0 radical (unpaired) electrons. The number of benzene rings is 1. The molecule has 0 saturated carbocycles. The monoisotopic (exact) mass is 221 g/mol. The lowest BCUT2D eigenvalue weighted by Crippen LogP contribution is -2.37. The number of carbonyl (C=O) groups is 2. The van der Waals surface area contributed by atoms with Gasteiger partial charge in [-0.1, -0.05) is 30.3 Å². The summed E-state index contributed by atoms with van der Waals surface area (Å²) in [5, 5.41) is 11.7. The zero-order valence-corrected chi connectivity index (χ0v) is 9.14. The van der Waals surface area contributed by atoms with Crippen molar-refractivity contribution in [2.75, 3.05) is 0 Å². The van der Waals surface area contributed by atoms with Gasteiger partial charge in [0.05, 0.1) is 0 Å². The molecule has 0 aromatic heterocycles. The van der Waals surface area contributed by atoms with Crippen LogP contribution in [-0.4, -0.2) is 22.9 Å². The van der Waals surface area contributed by atoms with E-state index in [-0.39, 0.29) is 12.2 Å². The van der Waals surface area contributed by atoms with Gasteiger partial charge in [0.25, 0.3) is 0 Å². The third-order valence-electron chi connectivity index (χ3n) is 2.19. The minimum absolute atomic E-state index is 0.0160. The van der Waals surface area contributed by atoms with Gasteiger partial charge in [-0.25, -0.2) is 0 Å². The van der Waals surface area contributed by atoms with E-state index in [4.69, 9.17) is 5.11 Å². The molecule has 1 atom stereocenters. The summed E-state index contributed by atoms with van der Waals surface area (Å²) in [6, 6.07) is 8.67. The topological polar surface area (TPSA) is 66.4 Å². The molecule has 0 heterocycles. The Hall–Kier alpha value is -1.68. The largest absolute Gasteiger partial charge is 0.480 e. The van der Waals surface area contributed by atoms with Crippen molar-refractivity contribution in [3.8, 4) is 0 Å². The predicted octanol–water partition coefficient (Wildman–Crippen LogP) is 1.21. The van der Waals surface area contributed by atoms with Crippen LogP contribution in [0.5, 0.6) is 0 Å². The number of carbonyl (C=O) groups excluding carboxylic acids is 1. The summed E-state index contributed by atoms with van der Waals surface area (Å²) < 4.78 is 0. The third-order valence-corrected chi connectivity index (χ3v) is 2.19. The second kappa shape index (κ2) is 6.02. The van der Waals surface area contributed by atoms with Crippen molar-refractivity contribution in [3.63, 3.8) is 0 Å². The molecule has 86 valence electrons. The highest BCUT2D eigenvalue weighted by Crippen LogP contribution is 2.00. The maximum atomic E-state index is 10.9. The molecule has 16 heavy (non-hydrogen) atoms. The Balaban J connectivity index is 2.50. The van der Waals surface area contributed by atoms with E-state index in [1.165, 1.54) is 6.92 Å². The predicted molar refractivity (Wildman–Crippen MR) is 60.0 cm³/mol. The smallest absolute Gasteiger partial charge is 0.321 e. The number of hydrogen-bond donors (Lipinski definition) is 2. The molecule has 0 aliphatic heterocycles. The number of aliphatic carboxylic acids is 1. The number of nitrogens with one attached hydrogen (secondary N) is 1. The normalized spacial score (nSPS) is 12.1. The summed E-state index contributed by atoms with van der Waals surface area (Å²) in [5.74, 6) is -1.13. The molecule has 1 unspecified atom stereocenters. The van der Waals surface area contributed by atoms with Crippen LogP contribution < -0.4 is 5.32 Å². The Kier molecular flexibility index (Phi) is 4.66. The van der Waals surface area contributed by atoms with Gasteiger partial charge >= 0.3 is 5.97 Å². The second-order valence-corrected chi connectivity index (χ2v) is 3.66. The number of rotatable bonds is 6. The third kappa shape index (κ3) is 4.23. The average Bonchev–Trinajstić information content (AvgIpc) is 2.25. The fourth-order valence-electron chi connectivity index (χ4n) is 1.37. The molecule has 2 N–H and O–H groups in total. The minimum atomic E-state index is -0.994. The maximum absolute atomic E-state index is 10.9. The van der Waals surface area contributed by atoms with Crippen molar-refractivity contribution in [1.29, 1.82) is 0 Å². The highest BCUT2D eigenvalue weighted by Gasteiger charge is 2.18. The van der Waals surface area contributed by atoms with Crippen molar-refractivity contribution < 1.29 is 14.7 Å². The molecule has 1 aromatic carbocycles. The molecule has 0 saturated heterocycles. The minimum Gasteiger partial charge on any atom is -0.480 e. The van der Waals surface area contributed by atoms with Crippen LogP contribution in [0.4, 0.5) is 0 Å². The molecule has 0 aliphatic carbocycles. The molecule has 4 nitrogen and oxygen atoms in total. The molecule has 0 spiro atoms. The van der Waals surface area contributed by atoms with Crippen LogP contribution in [0.2, 0.25) is 0 Å². The van der Waals surface area contributed by atoms with Crippen molar-refractivity contribution in [2.45, 2.75) is 25.9 Å². The number of carboxylic acid groups (broad SMARTS) is 1. The van der Waals surface area contributed by atoms with Gasteiger partial charge in [-0.15, -0.1) is 0 Å². The van der Waals surface area contributed by atoms with E-state index in [9.17, 15) is 9.59 Å². The lowest BCUT2D eigenvalue weighted by atomic mass is 10.1. The Morgan fingerprint density at radius 3 is 2.44 bits per heavy atom. The van der Waals surface area contributed by atoms with E-state index in [1.54, 1.807) is 0 Å². The molecule has 0 fully saturated rings. The first kappa shape index (κ1) is 12.4. The van der Waals surface area contributed by atoms with Gasteiger partial charge in [0.2, 0.25) is 0 Å². The number of Topliss-reactive ketones (excluding diaryl/α,β-unsaturated/α-hetero) is 1. The first-order valence-corrected chi connectivity index (χ1v) is 5.09. The van der Waals surface area contributed by atoms with Crippen molar-refractivity contribution >= 4 is 11.8 Å². The van der Waals surface area contributed by atoms with E-state index in [0.29, 0.717) is 6.54 Å². The van der Waals surface area contributed by atoms with Gasteiger partial charge in [0, 0.05) is 13.0 Å². The summed E-state index contributed by atoms with van der Waals surface area (Å²) in [5.41, 5.74) is 0.998. The second-order valence-electron chi connectivity index (χ2n) is 3.66. The molecule has 0 bridgehead atoms. The Labute approximate surface area is 94.3 Å². The summed E-state index contributed by atoms with van der Waals surface area (Å²) in [6.45, 7) is 1.84. The number of hydrogen-bond acceptors (Lipinski definition) is 3. The van der Waals surface area contributed by atoms with Crippen LogP contribution in [0.1, 0.15) is 18.9 Å². The first-order valence-electron chi connectivity index (χ1n) is 5.09. The quantitative estimate of drug-likeness (QED) is 0.757. The SMILES string of the molecule is CC(=O)CC(NCc1ccccc1)C(=O)O. The summed E-state index contributed by atoms with van der Waals surface area (Å²) in [4.78, 5) is 21.7. The molecule has 4 heteroatoms. The number of ketones is 1. The standard InChI is InChI=1S/C12H15NO3/c1-9(14)7-11(12(15)16)13-8-10-5-3-2-4-6-10/h2-6,11,13H,7-8H2,1H3,(H,15,16). The fraction of sp³-hybridized carbons (Fsp3) is 0.333. The van der Waals surface area contributed by atoms with Gasteiger partial charge in [-0.05, 0) is 12.5 Å². The Morgan fingerprint density at radius 2 is 1.94 bits per heavy atom. The highest BCUT2D eigenvalue weighted by atomic mass is 16.4. The fourth-order valence-corrected chi connectivity index (χ4v) is 1.37. The molecular weight excluding hydrogens is 206 g/mol. The van der Waals surface area contributed by atoms with Crippen LogP contribution in [0.25, 0.3) is 0 Å². The van der Waals surface area contributed by atoms with Gasteiger partial charge in [-0.2, -0.15) is 0 Å². The van der Waals surface area contributed by atoms with Crippen LogP contribution in [-0.2, 0) is 16.1 Å². The van der Waals surface area contributed by atoms with Crippen molar-refractivity contribution in [1.82, 2.24) is 5.32 Å². The zero-order chi connectivity index (χ0) is 12.0. The van der Waals surface area contributed by atoms with Crippen LogP contribution >= 0.6 is 0 Å². The average molecular weight is 221 g/mol. The van der Waals surface area contributed by atoms with E-state index in [0.717, 1.165) is 5.56 Å². The van der Waals surface area contributed by atoms with Gasteiger partial charge < -0.3 is 5.11 Å². The van der Waals surface area contributed by atoms with Gasteiger partial charge in [-0.3, -0.25) is 14.9 Å². The van der Waals surface area contributed by atoms with Crippen LogP contribution in [0.3, 0.4) is 0 Å². The molecule has 1 rings (SSSR count). The maximum Gasteiger partial charge on any atom is 0.321 e. The Morgan fingerprint density at radius 1 is 1.31 bits per heavy atom. The summed E-state index contributed by atoms with van der Waals surface area (Å²) in [7, 11) is 0.